The summed E-state index contributed by atoms with van der Waals surface area (Å²) >= 11 is 0. The molecule has 6 rings (SSSR count). The number of fused-ring (bicyclic) bond motifs is 3. The molecule has 1 aliphatic rings. The van der Waals surface area contributed by atoms with Crippen LogP contribution in [0.2, 0.25) is 0 Å². The highest BCUT2D eigenvalue weighted by Gasteiger charge is 2.50. The standard InChI is InChI=1S/C34H27NO/c1-25-14-13-23-31-32(25)29-21-11-12-22-30(29)34(27-17-7-3-8-18-27,28-19-9-4-10-20-28)33(36)35(31)24-26-15-5-2-6-16-26/h2-23H,24H2,1H3. The summed E-state index contributed by atoms with van der Waals surface area (Å²) in [6.45, 7) is 2.63. The van der Waals surface area contributed by atoms with Gasteiger partial charge in [0.25, 0.3) is 0 Å². The van der Waals surface area contributed by atoms with Crippen LogP contribution in [-0.4, -0.2) is 5.91 Å². The molecule has 2 heteroatoms. The molecule has 0 aromatic heterocycles. The summed E-state index contributed by atoms with van der Waals surface area (Å²) in [7, 11) is 0. The predicted octanol–water partition coefficient (Wildman–Crippen LogP) is 7.54. The quantitative estimate of drug-likeness (QED) is 0.268. The van der Waals surface area contributed by atoms with E-state index < -0.39 is 5.41 Å². The van der Waals surface area contributed by atoms with Gasteiger partial charge in [-0.25, -0.2) is 0 Å². The minimum absolute atomic E-state index is 0.0561. The molecule has 0 radical (unpaired) electrons. The highest BCUT2D eigenvalue weighted by Crippen LogP contribution is 2.51. The number of hydrogen-bond donors (Lipinski definition) is 0. The monoisotopic (exact) mass is 465 g/mol. The first-order chi connectivity index (χ1) is 17.7. The Morgan fingerprint density at radius 3 is 1.81 bits per heavy atom. The van der Waals surface area contributed by atoms with E-state index in [-0.39, 0.29) is 5.91 Å². The fourth-order valence-electron chi connectivity index (χ4n) is 5.71. The molecule has 5 aromatic carbocycles. The highest BCUT2D eigenvalue weighted by molar-refractivity contribution is 6.12. The van der Waals surface area contributed by atoms with Crippen molar-refractivity contribution >= 4 is 11.6 Å². The zero-order valence-electron chi connectivity index (χ0n) is 20.3. The molecular formula is C34H27NO. The van der Waals surface area contributed by atoms with E-state index in [0.717, 1.165) is 44.6 Å². The summed E-state index contributed by atoms with van der Waals surface area (Å²) in [5.74, 6) is 0.0561. The van der Waals surface area contributed by atoms with Crippen LogP contribution < -0.4 is 4.90 Å². The Hall–Kier alpha value is -4.43. The first-order valence-electron chi connectivity index (χ1n) is 12.4. The van der Waals surface area contributed by atoms with Gasteiger partial charge in [-0.3, -0.25) is 4.79 Å². The number of nitrogens with zero attached hydrogens (tertiary/aromatic N) is 1. The van der Waals surface area contributed by atoms with E-state index in [4.69, 9.17) is 0 Å². The van der Waals surface area contributed by atoms with Crippen LogP contribution >= 0.6 is 0 Å². The predicted molar refractivity (Wildman–Crippen MR) is 147 cm³/mol. The summed E-state index contributed by atoms with van der Waals surface area (Å²) in [6, 6.07) is 45.5. The maximum absolute atomic E-state index is 15.2. The minimum Gasteiger partial charge on any atom is -0.306 e. The fourth-order valence-corrected chi connectivity index (χ4v) is 5.71. The van der Waals surface area contributed by atoms with Gasteiger partial charge < -0.3 is 4.90 Å². The van der Waals surface area contributed by atoms with Gasteiger partial charge >= 0.3 is 0 Å². The van der Waals surface area contributed by atoms with Crippen molar-refractivity contribution in [2.75, 3.05) is 4.90 Å². The molecule has 1 aliphatic heterocycles. The topological polar surface area (TPSA) is 20.3 Å². The van der Waals surface area contributed by atoms with Gasteiger partial charge in [0.1, 0.15) is 5.41 Å². The van der Waals surface area contributed by atoms with Crippen molar-refractivity contribution in [1.29, 1.82) is 0 Å². The Labute approximate surface area is 212 Å². The van der Waals surface area contributed by atoms with E-state index in [0.29, 0.717) is 6.54 Å². The van der Waals surface area contributed by atoms with Gasteiger partial charge in [0.05, 0.1) is 12.2 Å². The molecule has 0 fully saturated rings. The maximum atomic E-state index is 15.2. The van der Waals surface area contributed by atoms with Crippen molar-refractivity contribution in [2.24, 2.45) is 0 Å². The van der Waals surface area contributed by atoms with E-state index in [2.05, 4.69) is 85.8 Å². The smallest absolute Gasteiger partial charge is 0.246 e. The van der Waals surface area contributed by atoms with Gasteiger partial charge in [0.2, 0.25) is 5.91 Å². The van der Waals surface area contributed by atoms with Gasteiger partial charge in [-0.2, -0.15) is 0 Å². The Balaban J connectivity index is 1.75. The molecule has 0 spiro atoms. The SMILES string of the molecule is Cc1cccc2c1-c1ccccc1C(c1ccccc1)(c1ccccc1)C(=O)N2Cc1ccccc1. The summed E-state index contributed by atoms with van der Waals surface area (Å²) in [4.78, 5) is 17.2. The highest BCUT2D eigenvalue weighted by atomic mass is 16.2. The zero-order chi connectivity index (χ0) is 24.5. The van der Waals surface area contributed by atoms with E-state index in [1.807, 2.05) is 59.5 Å². The molecule has 0 N–H and O–H groups in total. The number of benzene rings is 5. The van der Waals surface area contributed by atoms with E-state index >= 15 is 4.79 Å². The summed E-state index contributed by atoms with van der Waals surface area (Å²) in [5, 5.41) is 0. The van der Waals surface area contributed by atoms with Crippen molar-refractivity contribution in [3.05, 3.63) is 161 Å². The molecule has 0 unspecified atom stereocenters. The number of carbonyl (C=O) groups excluding carboxylic acids is 1. The Morgan fingerprint density at radius 1 is 0.611 bits per heavy atom. The molecule has 5 aromatic rings. The molecule has 1 heterocycles. The lowest BCUT2D eigenvalue weighted by molar-refractivity contribution is -0.121. The lowest BCUT2D eigenvalue weighted by Crippen LogP contribution is -2.48. The number of hydrogen-bond acceptors (Lipinski definition) is 1. The Morgan fingerprint density at radius 2 is 1.17 bits per heavy atom. The van der Waals surface area contributed by atoms with E-state index in [1.54, 1.807) is 0 Å². The summed E-state index contributed by atoms with van der Waals surface area (Å²) in [5.41, 5.74) is 7.37. The Bertz CT molecular complexity index is 1480. The molecule has 0 bridgehead atoms. The number of rotatable bonds is 4. The summed E-state index contributed by atoms with van der Waals surface area (Å²) < 4.78 is 0. The van der Waals surface area contributed by atoms with Crippen molar-refractivity contribution in [3.8, 4) is 11.1 Å². The second-order valence-corrected chi connectivity index (χ2v) is 9.37. The molecular weight excluding hydrogens is 438 g/mol. The number of amides is 1. The van der Waals surface area contributed by atoms with Crippen LogP contribution in [0.3, 0.4) is 0 Å². The molecule has 174 valence electrons. The number of carbonyl (C=O) groups is 1. The van der Waals surface area contributed by atoms with Crippen molar-refractivity contribution < 1.29 is 4.79 Å². The number of aryl methyl sites for hydroxylation is 1. The summed E-state index contributed by atoms with van der Waals surface area (Å²) in [6.07, 6.45) is 0. The van der Waals surface area contributed by atoms with Gasteiger partial charge in [-0.05, 0) is 46.4 Å². The van der Waals surface area contributed by atoms with Crippen LogP contribution in [0.25, 0.3) is 11.1 Å². The van der Waals surface area contributed by atoms with E-state index in [1.165, 1.54) is 0 Å². The molecule has 0 saturated carbocycles. The normalized spacial score (nSPS) is 14.0. The second-order valence-electron chi connectivity index (χ2n) is 9.37. The van der Waals surface area contributed by atoms with Crippen molar-refractivity contribution in [1.82, 2.24) is 0 Å². The van der Waals surface area contributed by atoms with Gasteiger partial charge in [-0.15, -0.1) is 0 Å². The molecule has 1 amide bonds. The van der Waals surface area contributed by atoms with Crippen molar-refractivity contribution in [3.63, 3.8) is 0 Å². The van der Waals surface area contributed by atoms with Gasteiger partial charge in [0, 0.05) is 5.56 Å². The third kappa shape index (κ3) is 3.37. The van der Waals surface area contributed by atoms with Gasteiger partial charge in [-0.1, -0.05) is 127 Å². The second kappa shape index (κ2) is 8.98. The zero-order valence-corrected chi connectivity index (χ0v) is 20.3. The average molecular weight is 466 g/mol. The molecule has 2 nitrogen and oxygen atoms in total. The molecule has 36 heavy (non-hydrogen) atoms. The lowest BCUT2D eigenvalue weighted by atomic mass is 9.67. The number of anilines is 1. The third-order valence-electron chi connectivity index (χ3n) is 7.31. The minimum atomic E-state index is -1.00. The fraction of sp³-hybridized carbons (Fsp3) is 0.0882. The lowest BCUT2D eigenvalue weighted by Gasteiger charge is -2.37. The van der Waals surface area contributed by atoms with Crippen LogP contribution in [-0.2, 0) is 16.8 Å². The maximum Gasteiger partial charge on any atom is 0.246 e. The van der Waals surface area contributed by atoms with E-state index in [9.17, 15) is 0 Å². The first kappa shape index (κ1) is 22.1. The third-order valence-corrected chi connectivity index (χ3v) is 7.31. The van der Waals surface area contributed by atoms with Gasteiger partial charge in [0.15, 0.2) is 0 Å². The Kier molecular flexibility index (Phi) is 5.50. The average Bonchev–Trinajstić information content (AvgIpc) is 3.03. The largest absolute Gasteiger partial charge is 0.306 e. The first-order valence-corrected chi connectivity index (χ1v) is 12.4. The van der Waals surface area contributed by atoms with Crippen LogP contribution in [0, 0.1) is 6.92 Å². The molecule has 0 saturated heterocycles. The molecule has 0 atom stereocenters. The van der Waals surface area contributed by atoms with Crippen LogP contribution in [0.4, 0.5) is 5.69 Å². The van der Waals surface area contributed by atoms with Crippen LogP contribution in [0.5, 0.6) is 0 Å². The van der Waals surface area contributed by atoms with Crippen molar-refractivity contribution in [2.45, 2.75) is 18.9 Å². The molecule has 0 aliphatic carbocycles. The van der Waals surface area contributed by atoms with Crippen LogP contribution in [0.15, 0.2) is 133 Å². The van der Waals surface area contributed by atoms with Crippen LogP contribution in [0.1, 0.15) is 27.8 Å².